The number of fused-ring (bicyclic) bond motifs is 9. The molecule has 65 heavy (non-hydrogen) atoms. The van der Waals surface area contributed by atoms with Crippen LogP contribution in [0.2, 0.25) is 0 Å². The summed E-state index contributed by atoms with van der Waals surface area (Å²) in [6, 6.07) is 35.8. The highest BCUT2D eigenvalue weighted by Crippen LogP contribution is 2.50. The number of benzene rings is 4. The maximum absolute atomic E-state index is 7.55. The molecular weight excluding hydrogens is 809 g/mol. The molecule has 6 unspecified atom stereocenters. The van der Waals surface area contributed by atoms with Gasteiger partial charge in [-0.2, -0.15) is 0 Å². The molecule has 7 aromatic rings. The number of nitrogens with zero attached hydrogens (tertiary/aromatic N) is 6. The van der Waals surface area contributed by atoms with Gasteiger partial charge in [0.15, 0.2) is 6.10 Å². The molecule has 4 aromatic carbocycles. The number of pyridine rings is 2. The fourth-order valence-electron chi connectivity index (χ4n) is 12.2. The highest BCUT2D eigenvalue weighted by atomic mass is 16.5. The minimum atomic E-state index is -0.385. The Labute approximate surface area is 381 Å². The van der Waals surface area contributed by atoms with E-state index >= 15 is 0 Å². The fraction of sp³-hybridized carbons (Fsp3) is 0.345. The smallest absolute Gasteiger partial charge is 0.242 e. The maximum Gasteiger partial charge on any atom is 0.242 e. The number of piperidine rings is 6. The minimum Gasteiger partial charge on any atom is -0.497 e. The molecule has 6 fully saturated rings. The molecule has 6 saturated heterocycles. The Bertz CT molecular complexity index is 2890. The third-order valence-electron chi connectivity index (χ3n) is 15.5. The van der Waals surface area contributed by atoms with Crippen LogP contribution in [0.4, 0.5) is 0 Å². The molecule has 0 amide bonds. The van der Waals surface area contributed by atoms with E-state index in [0.717, 1.165) is 118 Å². The number of ether oxygens (including phenoxy) is 4. The molecule has 10 nitrogen and oxygen atoms in total. The standard InChI is InChI=1S/C55H57N6O4/c1-5-36-32-60-26-22-38(36)28-50(60)52(42-20-24-56-48-18-16-40(62-3)30-46(42)48)64-54-44-14-10-11-15-45(44)55(59-58-54)65-53(43-21-25-57-49-19-17-41(63-4)31-47(43)49)51-29-39-23-27-61(51,34-37(39)6-2)33-35-12-8-7-9-13-35/h5-21,24-25,30-31,36-39,50-53H,1-2,22-23,26-29,32-34H2,3-4H3/q+1/t36?,37?,38?,39?,50-,51-,52+,53+,61?/m0/s1. The number of methoxy groups -OCH3 is 2. The molecule has 0 N–H and O–H groups in total. The highest BCUT2D eigenvalue weighted by molar-refractivity contribution is 5.91. The fourth-order valence-corrected chi connectivity index (χ4v) is 12.2. The lowest BCUT2D eigenvalue weighted by molar-refractivity contribution is -0.984. The van der Waals surface area contributed by atoms with Gasteiger partial charge in [-0.1, -0.05) is 54.6 Å². The van der Waals surface area contributed by atoms with Crippen molar-refractivity contribution < 1.29 is 23.4 Å². The van der Waals surface area contributed by atoms with Gasteiger partial charge in [-0.15, -0.1) is 23.4 Å². The second-order valence-electron chi connectivity index (χ2n) is 18.8. The van der Waals surface area contributed by atoms with Crippen LogP contribution in [0.1, 0.15) is 54.6 Å². The summed E-state index contributed by atoms with van der Waals surface area (Å²) in [7, 11) is 3.42. The topological polar surface area (TPSA) is 91.7 Å². The van der Waals surface area contributed by atoms with Gasteiger partial charge >= 0.3 is 0 Å². The number of quaternary nitrogens is 1. The summed E-state index contributed by atoms with van der Waals surface area (Å²) < 4.78 is 27.3. The van der Waals surface area contributed by atoms with Gasteiger partial charge in [0.05, 0.1) is 55.2 Å². The van der Waals surface area contributed by atoms with E-state index in [1.54, 1.807) is 14.2 Å². The van der Waals surface area contributed by atoms with Gasteiger partial charge in [0.1, 0.15) is 30.2 Å². The van der Waals surface area contributed by atoms with Gasteiger partial charge in [-0.3, -0.25) is 14.9 Å². The second-order valence-corrected chi connectivity index (χ2v) is 18.8. The monoisotopic (exact) mass is 865 g/mol. The molecule has 0 radical (unpaired) electrons. The molecule has 0 spiro atoms. The third-order valence-corrected chi connectivity index (χ3v) is 15.5. The zero-order valence-corrected chi connectivity index (χ0v) is 37.3. The summed E-state index contributed by atoms with van der Waals surface area (Å²) in [6.07, 6.45) is 11.7. The molecule has 4 bridgehead atoms. The zero-order valence-electron chi connectivity index (χ0n) is 37.3. The Balaban J connectivity index is 1.03. The molecule has 0 saturated carbocycles. The van der Waals surface area contributed by atoms with Crippen LogP contribution in [-0.4, -0.2) is 82.0 Å². The minimum absolute atomic E-state index is 0.106. The molecule has 13 rings (SSSR count). The van der Waals surface area contributed by atoms with Crippen molar-refractivity contribution in [1.29, 1.82) is 0 Å². The van der Waals surface area contributed by atoms with Crippen molar-refractivity contribution in [3.05, 3.63) is 158 Å². The predicted molar refractivity (Wildman–Crippen MR) is 255 cm³/mol. The number of aromatic nitrogens is 4. The number of rotatable bonds is 14. The van der Waals surface area contributed by atoms with E-state index in [4.69, 9.17) is 39.1 Å². The van der Waals surface area contributed by atoms with E-state index in [1.807, 2.05) is 48.8 Å². The van der Waals surface area contributed by atoms with Crippen molar-refractivity contribution >= 4 is 32.6 Å². The highest BCUT2D eigenvalue weighted by Gasteiger charge is 2.55. The lowest BCUT2D eigenvalue weighted by atomic mass is 9.71. The molecular formula is C55H57N6O4+. The van der Waals surface area contributed by atoms with Gasteiger partial charge in [0.25, 0.3) is 0 Å². The summed E-state index contributed by atoms with van der Waals surface area (Å²) in [4.78, 5) is 12.2. The summed E-state index contributed by atoms with van der Waals surface area (Å²) in [5.74, 6) is 4.46. The average Bonchev–Trinajstić information content (AvgIpc) is 3.37. The largest absolute Gasteiger partial charge is 0.497 e. The molecule has 330 valence electrons. The predicted octanol–water partition coefficient (Wildman–Crippen LogP) is 10.5. The van der Waals surface area contributed by atoms with E-state index in [9.17, 15) is 0 Å². The number of hydrogen-bond acceptors (Lipinski definition) is 9. The molecule has 6 aliphatic heterocycles. The lowest BCUT2D eigenvalue weighted by Crippen LogP contribution is -2.68. The molecule has 3 aromatic heterocycles. The zero-order chi connectivity index (χ0) is 44.1. The Kier molecular flexibility index (Phi) is 11.0. The quantitative estimate of drug-likeness (QED) is 0.0783. The van der Waals surface area contributed by atoms with Crippen molar-refractivity contribution in [2.45, 2.75) is 56.5 Å². The van der Waals surface area contributed by atoms with Crippen LogP contribution < -0.4 is 18.9 Å². The Morgan fingerprint density at radius 1 is 0.677 bits per heavy atom. The first-order valence-corrected chi connectivity index (χ1v) is 23.3. The Hall–Kier alpha value is -6.36. The van der Waals surface area contributed by atoms with Crippen LogP contribution in [0.3, 0.4) is 0 Å². The summed E-state index contributed by atoms with van der Waals surface area (Å²) in [6.45, 7) is 13.5. The first-order valence-electron chi connectivity index (χ1n) is 23.3. The van der Waals surface area contributed by atoms with Crippen LogP contribution in [0.5, 0.6) is 23.3 Å². The first-order chi connectivity index (χ1) is 31.9. The van der Waals surface area contributed by atoms with E-state index in [0.29, 0.717) is 35.4 Å². The first kappa shape index (κ1) is 41.4. The van der Waals surface area contributed by atoms with Crippen LogP contribution in [0.15, 0.2) is 141 Å². The van der Waals surface area contributed by atoms with Gasteiger partial charge in [-0.25, -0.2) is 0 Å². The summed E-state index contributed by atoms with van der Waals surface area (Å²) in [5, 5.41) is 13.7. The molecule has 10 heteroatoms. The van der Waals surface area contributed by atoms with Crippen molar-refractivity contribution in [2.75, 3.05) is 40.4 Å². The van der Waals surface area contributed by atoms with Crippen LogP contribution in [-0.2, 0) is 6.54 Å². The Morgan fingerprint density at radius 3 is 1.88 bits per heavy atom. The van der Waals surface area contributed by atoms with Gasteiger partial charge in [0.2, 0.25) is 11.8 Å². The molecule has 6 aliphatic rings. The van der Waals surface area contributed by atoms with E-state index in [-0.39, 0.29) is 24.3 Å². The van der Waals surface area contributed by atoms with Crippen LogP contribution in [0, 0.1) is 23.7 Å². The van der Waals surface area contributed by atoms with Crippen LogP contribution in [0.25, 0.3) is 32.6 Å². The van der Waals surface area contributed by atoms with E-state index in [1.165, 1.54) is 5.56 Å². The van der Waals surface area contributed by atoms with Crippen molar-refractivity contribution in [1.82, 2.24) is 25.1 Å². The van der Waals surface area contributed by atoms with Gasteiger partial charge in [-0.05, 0) is 97.8 Å². The normalized spacial score (nSPS) is 26.7. The third kappa shape index (κ3) is 7.46. The van der Waals surface area contributed by atoms with Crippen molar-refractivity contribution in [3.63, 3.8) is 0 Å². The molecule has 9 heterocycles. The van der Waals surface area contributed by atoms with Crippen molar-refractivity contribution in [3.8, 4) is 23.3 Å². The van der Waals surface area contributed by atoms with Gasteiger partial charge < -0.3 is 23.4 Å². The average molecular weight is 866 g/mol. The second kappa shape index (κ2) is 17.2. The molecule has 0 aliphatic carbocycles. The SMILES string of the molecule is C=CC1CN2CCC1C[C@H]2[C@H](Oc1nnc(O[C@H](c2ccnc3ccc(OC)cc23)[C@@H]2CC3CC[N+]2(Cc2ccccc2)CC3C=C)c2ccccc12)c1ccnc2ccc(OC)cc12. The van der Waals surface area contributed by atoms with Gasteiger partial charge in [0, 0.05) is 65.2 Å². The van der Waals surface area contributed by atoms with Crippen LogP contribution >= 0.6 is 0 Å². The Morgan fingerprint density at radius 2 is 1.28 bits per heavy atom. The maximum atomic E-state index is 7.55. The van der Waals surface area contributed by atoms with E-state index < -0.39 is 0 Å². The summed E-state index contributed by atoms with van der Waals surface area (Å²) >= 11 is 0. The number of hydrogen-bond donors (Lipinski definition) is 0. The lowest BCUT2D eigenvalue weighted by Gasteiger charge is -2.58. The van der Waals surface area contributed by atoms with Crippen molar-refractivity contribution in [2.24, 2.45) is 23.7 Å². The molecule has 10 atom stereocenters. The summed E-state index contributed by atoms with van der Waals surface area (Å²) in [5.41, 5.74) is 5.23. The van der Waals surface area contributed by atoms with E-state index in [2.05, 4.69) is 96.9 Å².